The van der Waals surface area contributed by atoms with E-state index in [0.717, 1.165) is 6.07 Å². The van der Waals surface area contributed by atoms with E-state index in [1.807, 2.05) is 0 Å². The molecule has 0 atom stereocenters. The molecular formula is C15H12BrF2NO2. The molecule has 0 aliphatic rings. The molecule has 0 radical (unpaired) electrons. The van der Waals surface area contributed by atoms with Crippen molar-refractivity contribution < 1.29 is 18.3 Å². The number of primary amides is 1. The van der Waals surface area contributed by atoms with E-state index in [-0.39, 0.29) is 17.7 Å². The molecule has 0 aliphatic carbocycles. The summed E-state index contributed by atoms with van der Waals surface area (Å²) in [5.41, 5.74) is 6.22. The van der Waals surface area contributed by atoms with Crippen LogP contribution in [0.5, 0.6) is 5.75 Å². The lowest BCUT2D eigenvalue weighted by molar-refractivity contribution is 0.0996. The number of nitrogens with two attached hydrogens (primary N) is 1. The summed E-state index contributed by atoms with van der Waals surface area (Å²) in [4.78, 5) is 11.3. The second-order valence-corrected chi connectivity index (χ2v) is 5.29. The van der Waals surface area contributed by atoms with Crippen LogP contribution in [0.25, 0.3) is 0 Å². The SMILES string of the molecule is COc1c(Cc2ccc(Br)c(F)c2)cc(F)cc1C(N)=O. The molecule has 2 rings (SSSR count). The summed E-state index contributed by atoms with van der Waals surface area (Å²) >= 11 is 3.06. The van der Waals surface area contributed by atoms with Crippen molar-refractivity contribution >= 4 is 21.8 Å². The minimum atomic E-state index is -0.783. The Morgan fingerprint density at radius 3 is 2.57 bits per heavy atom. The number of ether oxygens (including phenoxy) is 1. The quantitative estimate of drug-likeness (QED) is 0.913. The van der Waals surface area contributed by atoms with Crippen LogP contribution in [0.1, 0.15) is 21.5 Å². The van der Waals surface area contributed by atoms with E-state index in [1.54, 1.807) is 12.1 Å². The fraction of sp³-hybridized carbons (Fsp3) is 0.133. The first-order valence-electron chi connectivity index (χ1n) is 6.02. The van der Waals surface area contributed by atoms with Crippen molar-refractivity contribution in [2.24, 2.45) is 5.73 Å². The minimum Gasteiger partial charge on any atom is -0.496 e. The molecule has 0 heterocycles. The number of hydrogen-bond acceptors (Lipinski definition) is 2. The monoisotopic (exact) mass is 355 g/mol. The number of rotatable bonds is 4. The average molecular weight is 356 g/mol. The predicted molar refractivity (Wildman–Crippen MR) is 78.4 cm³/mol. The van der Waals surface area contributed by atoms with Crippen LogP contribution < -0.4 is 10.5 Å². The van der Waals surface area contributed by atoms with Gasteiger partial charge in [-0.05, 0) is 45.8 Å². The summed E-state index contributed by atoms with van der Waals surface area (Å²) in [7, 11) is 1.37. The summed E-state index contributed by atoms with van der Waals surface area (Å²) in [6.45, 7) is 0. The lowest BCUT2D eigenvalue weighted by atomic mass is 10.0. The maximum Gasteiger partial charge on any atom is 0.252 e. The highest BCUT2D eigenvalue weighted by molar-refractivity contribution is 9.10. The van der Waals surface area contributed by atoms with Gasteiger partial charge in [0.15, 0.2) is 0 Å². The Labute approximate surface area is 128 Å². The highest BCUT2D eigenvalue weighted by Gasteiger charge is 2.16. The van der Waals surface area contributed by atoms with Crippen LogP contribution in [0.4, 0.5) is 8.78 Å². The van der Waals surface area contributed by atoms with Crippen molar-refractivity contribution in [3.8, 4) is 5.75 Å². The van der Waals surface area contributed by atoms with Crippen molar-refractivity contribution in [3.05, 3.63) is 63.1 Å². The van der Waals surface area contributed by atoms with Gasteiger partial charge in [0.25, 0.3) is 5.91 Å². The Kier molecular flexibility index (Phi) is 4.57. The third-order valence-electron chi connectivity index (χ3n) is 2.98. The third-order valence-corrected chi connectivity index (χ3v) is 3.62. The standard InChI is InChI=1S/C15H12BrF2NO2/c1-21-14-9(6-10(17)7-11(14)15(19)20)4-8-2-3-12(16)13(18)5-8/h2-3,5-7H,4H2,1H3,(H2,19,20). The van der Waals surface area contributed by atoms with Crippen LogP contribution in [0.3, 0.4) is 0 Å². The second kappa shape index (κ2) is 6.22. The molecule has 110 valence electrons. The Hall–Kier alpha value is -1.95. The molecule has 0 saturated carbocycles. The smallest absolute Gasteiger partial charge is 0.252 e. The first-order chi connectivity index (χ1) is 9.92. The minimum absolute atomic E-state index is 0.0370. The summed E-state index contributed by atoms with van der Waals surface area (Å²) < 4.78 is 32.6. The van der Waals surface area contributed by atoms with Crippen molar-refractivity contribution in [1.82, 2.24) is 0 Å². The zero-order valence-corrected chi connectivity index (χ0v) is 12.7. The van der Waals surface area contributed by atoms with Gasteiger partial charge in [-0.15, -0.1) is 0 Å². The molecule has 2 N–H and O–H groups in total. The van der Waals surface area contributed by atoms with E-state index in [0.29, 0.717) is 15.6 Å². The molecule has 0 unspecified atom stereocenters. The van der Waals surface area contributed by atoms with E-state index in [1.165, 1.54) is 19.2 Å². The third kappa shape index (κ3) is 3.39. The molecule has 6 heteroatoms. The molecule has 0 aliphatic heterocycles. The molecule has 0 saturated heterocycles. The van der Waals surface area contributed by atoms with Crippen LogP contribution in [-0.4, -0.2) is 13.0 Å². The van der Waals surface area contributed by atoms with Gasteiger partial charge in [0, 0.05) is 12.0 Å². The molecule has 0 spiro atoms. The van der Waals surface area contributed by atoms with E-state index in [4.69, 9.17) is 10.5 Å². The van der Waals surface area contributed by atoms with Gasteiger partial charge < -0.3 is 10.5 Å². The van der Waals surface area contributed by atoms with E-state index < -0.39 is 17.5 Å². The van der Waals surface area contributed by atoms with Crippen LogP contribution in [0.15, 0.2) is 34.8 Å². The van der Waals surface area contributed by atoms with Gasteiger partial charge >= 0.3 is 0 Å². The van der Waals surface area contributed by atoms with E-state index >= 15 is 0 Å². The first-order valence-corrected chi connectivity index (χ1v) is 6.81. The van der Waals surface area contributed by atoms with Crippen molar-refractivity contribution in [2.75, 3.05) is 7.11 Å². The Bertz CT molecular complexity index is 704. The molecule has 3 nitrogen and oxygen atoms in total. The van der Waals surface area contributed by atoms with Gasteiger partial charge in [0.1, 0.15) is 17.4 Å². The fourth-order valence-electron chi connectivity index (χ4n) is 2.07. The van der Waals surface area contributed by atoms with Crippen molar-refractivity contribution in [3.63, 3.8) is 0 Å². The average Bonchev–Trinajstić information content (AvgIpc) is 2.42. The van der Waals surface area contributed by atoms with Gasteiger partial charge in [0.2, 0.25) is 0 Å². The zero-order chi connectivity index (χ0) is 15.6. The molecule has 21 heavy (non-hydrogen) atoms. The first kappa shape index (κ1) is 15.4. The van der Waals surface area contributed by atoms with Crippen LogP contribution in [-0.2, 0) is 6.42 Å². The fourth-order valence-corrected chi connectivity index (χ4v) is 2.32. The lowest BCUT2D eigenvalue weighted by Gasteiger charge is -2.12. The molecule has 0 bridgehead atoms. The van der Waals surface area contributed by atoms with Crippen molar-refractivity contribution in [1.29, 1.82) is 0 Å². The molecule has 0 aromatic heterocycles. The topological polar surface area (TPSA) is 52.3 Å². The van der Waals surface area contributed by atoms with Crippen molar-refractivity contribution in [2.45, 2.75) is 6.42 Å². The Balaban J connectivity index is 2.47. The molecule has 2 aromatic rings. The van der Waals surface area contributed by atoms with E-state index in [2.05, 4.69) is 15.9 Å². The van der Waals surface area contributed by atoms with Crippen LogP contribution >= 0.6 is 15.9 Å². The number of halogens is 3. The number of carbonyl (C=O) groups excluding carboxylic acids is 1. The molecule has 2 aromatic carbocycles. The summed E-state index contributed by atoms with van der Waals surface area (Å²) in [6.07, 6.45) is 0.214. The predicted octanol–water partition coefficient (Wildman–Crippen LogP) is 3.43. The largest absolute Gasteiger partial charge is 0.496 e. The van der Waals surface area contributed by atoms with Gasteiger partial charge in [0.05, 0.1) is 17.1 Å². The highest BCUT2D eigenvalue weighted by Crippen LogP contribution is 2.28. The highest BCUT2D eigenvalue weighted by atomic mass is 79.9. The van der Waals surface area contributed by atoms with E-state index in [9.17, 15) is 13.6 Å². The maximum atomic E-state index is 13.6. The number of carbonyl (C=O) groups is 1. The maximum absolute atomic E-state index is 13.6. The summed E-state index contributed by atoms with van der Waals surface area (Å²) in [5, 5.41) is 0. The molecule has 1 amide bonds. The van der Waals surface area contributed by atoms with Gasteiger partial charge in [-0.25, -0.2) is 8.78 Å². The van der Waals surface area contributed by atoms with Gasteiger partial charge in [-0.1, -0.05) is 6.07 Å². The van der Waals surface area contributed by atoms with Gasteiger partial charge in [-0.3, -0.25) is 4.79 Å². The molecule has 0 fully saturated rings. The Morgan fingerprint density at radius 2 is 2.00 bits per heavy atom. The number of amides is 1. The van der Waals surface area contributed by atoms with Gasteiger partial charge in [-0.2, -0.15) is 0 Å². The zero-order valence-electron chi connectivity index (χ0n) is 11.1. The van der Waals surface area contributed by atoms with Crippen LogP contribution in [0, 0.1) is 11.6 Å². The van der Waals surface area contributed by atoms with Crippen LogP contribution in [0.2, 0.25) is 0 Å². The lowest BCUT2D eigenvalue weighted by Crippen LogP contribution is -2.14. The number of benzene rings is 2. The number of methoxy groups -OCH3 is 1. The molecular weight excluding hydrogens is 344 g/mol. The normalized spacial score (nSPS) is 10.5. The summed E-state index contributed by atoms with van der Waals surface area (Å²) in [5.74, 6) is -1.60. The second-order valence-electron chi connectivity index (χ2n) is 4.44. The Morgan fingerprint density at radius 1 is 1.29 bits per heavy atom. The number of hydrogen-bond donors (Lipinski definition) is 1. The summed E-state index contributed by atoms with van der Waals surface area (Å²) in [6, 6.07) is 6.85.